The Morgan fingerprint density at radius 3 is 2.72 bits per heavy atom. The molecule has 18 heavy (non-hydrogen) atoms. The Hall–Kier alpha value is -0.430. The molecule has 0 spiro atoms. The summed E-state index contributed by atoms with van der Waals surface area (Å²) >= 11 is 1.37. The Bertz CT molecular complexity index is 522. The van der Waals surface area contributed by atoms with Crippen molar-refractivity contribution < 1.29 is 8.42 Å². The standard InChI is InChI=1S/C12H20N2O2S2/c1-9-7-10(2)17-12(9)18(15,16)14-6-4-5-11(8-14)13-3/h7,11,13H,4-6,8H2,1-3H3. The SMILES string of the molecule is CNC1CCCN(S(=O)(=O)c2sc(C)cc2C)C1. The molecule has 1 saturated heterocycles. The molecule has 0 saturated carbocycles. The lowest BCUT2D eigenvalue weighted by molar-refractivity contribution is 0.293. The van der Waals surface area contributed by atoms with Crippen LogP contribution in [0.4, 0.5) is 0 Å². The van der Waals surface area contributed by atoms with Crippen LogP contribution < -0.4 is 5.32 Å². The van der Waals surface area contributed by atoms with Gasteiger partial charge in [0, 0.05) is 24.0 Å². The number of likely N-dealkylation sites (N-methyl/N-ethyl adjacent to an activating group) is 1. The molecule has 4 nitrogen and oxygen atoms in total. The Labute approximate surface area is 113 Å². The van der Waals surface area contributed by atoms with Crippen LogP contribution in [0.25, 0.3) is 0 Å². The van der Waals surface area contributed by atoms with E-state index < -0.39 is 10.0 Å². The van der Waals surface area contributed by atoms with Crippen LogP contribution in [0.5, 0.6) is 0 Å². The van der Waals surface area contributed by atoms with Gasteiger partial charge in [0.15, 0.2) is 0 Å². The highest BCUT2D eigenvalue weighted by atomic mass is 32.2. The van der Waals surface area contributed by atoms with Gasteiger partial charge in [0.2, 0.25) is 0 Å². The third kappa shape index (κ3) is 2.61. The zero-order valence-electron chi connectivity index (χ0n) is 11.1. The van der Waals surface area contributed by atoms with Crippen molar-refractivity contribution in [3.8, 4) is 0 Å². The van der Waals surface area contributed by atoms with Crippen molar-refractivity contribution in [3.63, 3.8) is 0 Å². The third-order valence-corrected chi connectivity index (χ3v) is 6.99. The minimum Gasteiger partial charge on any atom is -0.316 e. The highest BCUT2D eigenvalue weighted by Gasteiger charge is 2.31. The second-order valence-electron chi connectivity index (χ2n) is 4.82. The molecule has 0 aromatic carbocycles. The van der Waals surface area contributed by atoms with Gasteiger partial charge in [-0.2, -0.15) is 4.31 Å². The van der Waals surface area contributed by atoms with Gasteiger partial charge < -0.3 is 5.32 Å². The normalized spacial score (nSPS) is 22.3. The Kier molecular flexibility index (Phi) is 4.11. The Balaban J connectivity index is 2.28. The van der Waals surface area contributed by atoms with E-state index in [-0.39, 0.29) is 6.04 Å². The molecule has 1 aliphatic rings. The van der Waals surface area contributed by atoms with Gasteiger partial charge in [-0.25, -0.2) is 8.42 Å². The maximum Gasteiger partial charge on any atom is 0.252 e. The predicted molar refractivity (Wildman–Crippen MR) is 74.6 cm³/mol. The van der Waals surface area contributed by atoms with Gasteiger partial charge in [0.05, 0.1) is 0 Å². The summed E-state index contributed by atoms with van der Waals surface area (Å²) < 4.78 is 27.3. The van der Waals surface area contributed by atoms with Gasteiger partial charge in [-0.1, -0.05) is 0 Å². The van der Waals surface area contributed by atoms with Gasteiger partial charge in [-0.3, -0.25) is 0 Å². The van der Waals surface area contributed by atoms with Gasteiger partial charge in [-0.15, -0.1) is 11.3 Å². The summed E-state index contributed by atoms with van der Waals surface area (Å²) in [5, 5.41) is 3.17. The molecule has 6 heteroatoms. The van der Waals surface area contributed by atoms with Crippen LogP contribution in [-0.4, -0.2) is 38.9 Å². The summed E-state index contributed by atoms with van der Waals surface area (Å²) in [6.07, 6.45) is 1.97. The van der Waals surface area contributed by atoms with Crippen LogP contribution in [0.2, 0.25) is 0 Å². The molecule has 0 aliphatic carbocycles. The van der Waals surface area contributed by atoms with Crippen molar-refractivity contribution in [2.45, 2.75) is 36.9 Å². The van der Waals surface area contributed by atoms with Crippen molar-refractivity contribution in [2.75, 3.05) is 20.1 Å². The highest BCUT2D eigenvalue weighted by molar-refractivity contribution is 7.91. The zero-order valence-corrected chi connectivity index (χ0v) is 12.7. The number of hydrogen-bond donors (Lipinski definition) is 1. The van der Waals surface area contributed by atoms with Crippen LogP contribution >= 0.6 is 11.3 Å². The quantitative estimate of drug-likeness (QED) is 0.921. The summed E-state index contributed by atoms with van der Waals surface area (Å²) in [6.45, 7) is 5.03. The number of nitrogens with one attached hydrogen (secondary N) is 1. The third-order valence-electron chi connectivity index (χ3n) is 3.36. The van der Waals surface area contributed by atoms with Crippen LogP contribution in [0.3, 0.4) is 0 Å². The molecule has 1 unspecified atom stereocenters. The molecule has 1 aliphatic heterocycles. The van der Waals surface area contributed by atoms with Crippen molar-refractivity contribution >= 4 is 21.4 Å². The van der Waals surface area contributed by atoms with Crippen LogP contribution in [0.1, 0.15) is 23.3 Å². The molecule has 1 N–H and O–H groups in total. The first-order valence-electron chi connectivity index (χ1n) is 6.19. The lowest BCUT2D eigenvalue weighted by atomic mass is 10.1. The topological polar surface area (TPSA) is 49.4 Å². The van der Waals surface area contributed by atoms with E-state index >= 15 is 0 Å². The molecular formula is C12H20N2O2S2. The summed E-state index contributed by atoms with van der Waals surface area (Å²) in [5.41, 5.74) is 0.865. The van der Waals surface area contributed by atoms with Gasteiger partial charge in [-0.05, 0) is 45.4 Å². The minimum atomic E-state index is -3.30. The van der Waals surface area contributed by atoms with Gasteiger partial charge >= 0.3 is 0 Å². The lowest BCUT2D eigenvalue weighted by Gasteiger charge is -2.31. The Morgan fingerprint density at radius 1 is 1.44 bits per heavy atom. The van der Waals surface area contributed by atoms with Crippen LogP contribution in [0.15, 0.2) is 10.3 Å². The summed E-state index contributed by atoms with van der Waals surface area (Å²) in [6, 6.07) is 2.21. The summed E-state index contributed by atoms with van der Waals surface area (Å²) in [5.74, 6) is 0. The molecule has 1 aromatic heterocycles. The first-order chi connectivity index (χ1) is 8.45. The van der Waals surface area contributed by atoms with E-state index in [1.54, 1.807) is 4.31 Å². The smallest absolute Gasteiger partial charge is 0.252 e. The lowest BCUT2D eigenvalue weighted by Crippen LogP contribution is -2.46. The molecule has 1 aromatic rings. The maximum atomic E-state index is 12.6. The molecule has 2 rings (SSSR count). The second-order valence-corrected chi connectivity index (χ2v) is 8.21. The summed E-state index contributed by atoms with van der Waals surface area (Å²) in [4.78, 5) is 1.05. The highest BCUT2D eigenvalue weighted by Crippen LogP contribution is 2.30. The number of nitrogens with zero attached hydrogens (tertiary/aromatic N) is 1. The van der Waals surface area contributed by atoms with Crippen molar-refractivity contribution in [2.24, 2.45) is 0 Å². The number of piperidine rings is 1. The molecule has 102 valence electrons. The van der Waals surface area contributed by atoms with E-state index in [1.165, 1.54) is 11.3 Å². The fourth-order valence-corrected chi connectivity index (χ4v) is 5.72. The zero-order chi connectivity index (χ0) is 13.3. The maximum absolute atomic E-state index is 12.6. The summed E-state index contributed by atoms with van der Waals surface area (Å²) in [7, 11) is -1.41. The van der Waals surface area contributed by atoms with Gasteiger partial charge in [0.1, 0.15) is 4.21 Å². The largest absolute Gasteiger partial charge is 0.316 e. The monoisotopic (exact) mass is 288 g/mol. The number of aryl methyl sites for hydroxylation is 2. The van der Waals surface area contributed by atoms with E-state index in [4.69, 9.17) is 0 Å². The molecule has 1 atom stereocenters. The van der Waals surface area contributed by atoms with E-state index in [1.807, 2.05) is 27.0 Å². The van der Waals surface area contributed by atoms with Crippen molar-refractivity contribution in [1.82, 2.24) is 9.62 Å². The first-order valence-corrected chi connectivity index (χ1v) is 8.45. The molecule has 0 bridgehead atoms. The molecule has 2 heterocycles. The van der Waals surface area contributed by atoms with Crippen LogP contribution in [-0.2, 0) is 10.0 Å². The molecule has 1 fully saturated rings. The second kappa shape index (κ2) is 5.28. The minimum absolute atomic E-state index is 0.273. The number of rotatable bonds is 3. The van der Waals surface area contributed by atoms with E-state index in [0.29, 0.717) is 17.3 Å². The van der Waals surface area contributed by atoms with Gasteiger partial charge in [0.25, 0.3) is 10.0 Å². The molecular weight excluding hydrogens is 268 g/mol. The average Bonchev–Trinajstić information content (AvgIpc) is 2.69. The molecule has 0 amide bonds. The number of sulfonamides is 1. The van der Waals surface area contributed by atoms with E-state index in [0.717, 1.165) is 23.3 Å². The number of hydrogen-bond acceptors (Lipinski definition) is 4. The average molecular weight is 288 g/mol. The first kappa shape index (κ1) is 14.0. The van der Waals surface area contributed by atoms with E-state index in [2.05, 4.69) is 5.32 Å². The van der Waals surface area contributed by atoms with Crippen molar-refractivity contribution in [3.05, 3.63) is 16.5 Å². The number of thiophene rings is 1. The molecule has 0 radical (unpaired) electrons. The fourth-order valence-electron chi connectivity index (χ4n) is 2.39. The predicted octanol–water partition coefficient (Wildman–Crippen LogP) is 1.74. The van der Waals surface area contributed by atoms with E-state index in [9.17, 15) is 8.42 Å². The van der Waals surface area contributed by atoms with Crippen molar-refractivity contribution in [1.29, 1.82) is 0 Å². The van der Waals surface area contributed by atoms with Crippen LogP contribution in [0, 0.1) is 13.8 Å². The fraction of sp³-hybridized carbons (Fsp3) is 0.667. The Morgan fingerprint density at radius 2 is 2.17 bits per heavy atom.